The third-order valence-electron chi connectivity index (χ3n) is 5.45. The minimum absolute atomic E-state index is 0.00186. The van der Waals surface area contributed by atoms with E-state index in [1.54, 1.807) is 6.20 Å². The molecule has 0 saturated heterocycles. The molecule has 1 saturated carbocycles. The van der Waals surface area contributed by atoms with Crippen molar-refractivity contribution in [2.45, 2.75) is 52.6 Å². The van der Waals surface area contributed by atoms with E-state index >= 15 is 0 Å². The van der Waals surface area contributed by atoms with E-state index in [1.165, 1.54) is 18.4 Å². The lowest BCUT2D eigenvalue weighted by atomic mass is 9.97. The van der Waals surface area contributed by atoms with E-state index in [1.807, 2.05) is 29.2 Å². The Labute approximate surface area is 163 Å². The highest BCUT2D eigenvalue weighted by Gasteiger charge is 2.32. The van der Waals surface area contributed by atoms with E-state index in [4.69, 9.17) is 0 Å². The van der Waals surface area contributed by atoms with Crippen molar-refractivity contribution in [2.24, 2.45) is 11.8 Å². The number of benzene rings is 1. The lowest BCUT2D eigenvalue weighted by Crippen LogP contribution is -2.45. The lowest BCUT2D eigenvalue weighted by Gasteiger charge is -2.33. The Hall–Kier alpha value is -2.36. The molecule has 3 rings (SSSR count). The van der Waals surface area contributed by atoms with Gasteiger partial charge in [0.05, 0.1) is 17.8 Å². The standard InChI is InChI=1S/C23H31N3O/c1-16(2)21(22-17(3)9-8-14-24-22)25-23(27)26(15-19-12-13-19)18(4)20-10-6-5-7-11-20/h5-11,14,16,18-19,21H,12-13,15H2,1-4H3,(H,25,27). The number of hydrogen-bond acceptors (Lipinski definition) is 2. The number of carbonyl (C=O) groups is 1. The molecular formula is C23H31N3O. The van der Waals surface area contributed by atoms with E-state index in [9.17, 15) is 4.79 Å². The molecule has 4 heteroatoms. The Balaban J connectivity index is 1.81. The molecule has 1 aromatic heterocycles. The number of hydrogen-bond donors (Lipinski definition) is 1. The van der Waals surface area contributed by atoms with Crippen molar-refractivity contribution in [1.29, 1.82) is 0 Å². The largest absolute Gasteiger partial charge is 0.329 e. The highest BCUT2D eigenvalue weighted by Crippen LogP contribution is 2.33. The third kappa shape index (κ3) is 4.88. The molecule has 2 unspecified atom stereocenters. The van der Waals surface area contributed by atoms with Gasteiger partial charge in [-0.2, -0.15) is 0 Å². The van der Waals surface area contributed by atoms with E-state index in [0.717, 1.165) is 17.8 Å². The van der Waals surface area contributed by atoms with E-state index < -0.39 is 0 Å². The van der Waals surface area contributed by atoms with E-state index in [-0.39, 0.29) is 24.0 Å². The van der Waals surface area contributed by atoms with Crippen LogP contribution in [0.5, 0.6) is 0 Å². The summed E-state index contributed by atoms with van der Waals surface area (Å²) in [7, 11) is 0. The van der Waals surface area contributed by atoms with Crippen LogP contribution in [0.15, 0.2) is 48.7 Å². The summed E-state index contributed by atoms with van der Waals surface area (Å²) in [6, 6.07) is 14.2. The summed E-state index contributed by atoms with van der Waals surface area (Å²) >= 11 is 0. The number of carbonyl (C=O) groups excluding carboxylic acids is 1. The zero-order valence-corrected chi connectivity index (χ0v) is 16.9. The quantitative estimate of drug-likeness (QED) is 0.726. The maximum Gasteiger partial charge on any atom is 0.318 e. The van der Waals surface area contributed by atoms with E-state index in [2.05, 4.69) is 56.2 Å². The molecule has 1 aliphatic carbocycles. The summed E-state index contributed by atoms with van der Waals surface area (Å²) in [5, 5.41) is 3.28. The highest BCUT2D eigenvalue weighted by molar-refractivity contribution is 5.75. The molecule has 0 radical (unpaired) electrons. The predicted molar refractivity (Wildman–Crippen MR) is 109 cm³/mol. The summed E-state index contributed by atoms with van der Waals surface area (Å²) in [5.41, 5.74) is 3.24. The van der Waals surface area contributed by atoms with Crippen molar-refractivity contribution in [1.82, 2.24) is 15.2 Å². The highest BCUT2D eigenvalue weighted by atomic mass is 16.2. The van der Waals surface area contributed by atoms with Crippen LogP contribution < -0.4 is 5.32 Å². The van der Waals surface area contributed by atoms with Crippen LogP contribution in [0, 0.1) is 18.8 Å². The maximum atomic E-state index is 13.3. The average molecular weight is 366 g/mol. The van der Waals surface area contributed by atoms with Gasteiger partial charge in [0, 0.05) is 12.7 Å². The van der Waals surface area contributed by atoms with Crippen LogP contribution in [-0.2, 0) is 0 Å². The molecule has 1 aliphatic rings. The number of pyridine rings is 1. The van der Waals surface area contributed by atoms with Gasteiger partial charge in [-0.1, -0.05) is 50.2 Å². The van der Waals surface area contributed by atoms with Crippen LogP contribution in [0.2, 0.25) is 0 Å². The normalized spacial score (nSPS) is 16.0. The zero-order chi connectivity index (χ0) is 19.4. The first-order chi connectivity index (χ1) is 13.0. The zero-order valence-electron chi connectivity index (χ0n) is 16.9. The first kappa shape index (κ1) is 19.4. The summed E-state index contributed by atoms with van der Waals surface area (Å²) in [6.07, 6.45) is 4.24. The fourth-order valence-electron chi connectivity index (χ4n) is 3.50. The number of aromatic nitrogens is 1. The van der Waals surface area contributed by atoms with Crippen molar-refractivity contribution in [3.63, 3.8) is 0 Å². The molecule has 0 bridgehead atoms. The van der Waals surface area contributed by atoms with Crippen LogP contribution in [0.3, 0.4) is 0 Å². The fraction of sp³-hybridized carbons (Fsp3) is 0.478. The molecule has 1 N–H and O–H groups in total. The van der Waals surface area contributed by atoms with E-state index in [0.29, 0.717) is 5.92 Å². The van der Waals surface area contributed by atoms with Crippen molar-refractivity contribution in [3.8, 4) is 0 Å². The maximum absolute atomic E-state index is 13.3. The van der Waals surface area contributed by atoms with Gasteiger partial charge in [-0.05, 0) is 55.7 Å². The van der Waals surface area contributed by atoms with Crippen molar-refractivity contribution >= 4 is 6.03 Å². The second-order valence-electron chi connectivity index (χ2n) is 8.06. The van der Waals surface area contributed by atoms with Crippen molar-refractivity contribution in [3.05, 3.63) is 65.5 Å². The van der Waals surface area contributed by atoms with Crippen molar-refractivity contribution < 1.29 is 4.79 Å². The summed E-state index contributed by atoms with van der Waals surface area (Å²) < 4.78 is 0. The average Bonchev–Trinajstić information content (AvgIpc) is 3.49. The topological polar surface area (TPSA) is 45.2 Å². The fourth-order valence-corrected chi connectivity index (χ4v) is 3.50. The van der Waals surface area contributed by atoms with Gasteiger partial charge >= 0.3 is 6.03 Å². The molecule has 1 aromatic carbocycles. The Morgan fingerprint density at radius 3 is 2.44 bits per heavy atom. The van der Waals surface area contributed by atoms with Gasteiger partial charge in [0.15, 0.2) is 0 Å². The van der Waals surface area contributed by atoms with Crippen LogP contribution in [-0.4, -0.2) is 22.5 Å². The van der Waals surface area contributed by atoms with Crippen LogP contribution in [0.25, 0.3) is 0 Å². The minimum atomic E-state index is -0.0941. The number of nitrogens with zero attached hydrogens (tertiary/aromatic N) is 2. The number of rotatable bonds is 7. The Morgan fingerprint density at radius 2 is 1.85 bits per heavy atom. The monoisotopic (exact) mass is 365 g/mol. The first-order valence-corrected chi connectivity index (χ1v) is 10.0. The summed E-state index contributed by atoms with van der Waals surface area (Å²) in [6.45, 7) is 9.25. The second kappa shape index (κ2) is 8.55. The number of aryl methyl sites for hydroxylation is 1. The van der Waals surface area contributed by atoms with Crippen LogP contribution in [0.4, 0.5) is 4.79 Å². The lowest BCUT2D eigenvalue weighted by molar-refractivity contribution is 0.168. The molecule has 144 valence electrons. The number of nitrogens with one attached hydrogen (secondary N) is 1. The Kier molecular flexibility index (Phi) is 6.15. The molecule has 1 heterocycles. The molecule has 4 nitrogen and oxygen atoms in total. The first-order valence-electron chi connectivity index (χ1n) is 10.0. The molecule has 2 atom stereocenters. The summed E-state index contributed by atoms with van der Waals surface area (Å²) in [4.78, 5) is 19.9. The van der Waals surface area contributed by atoms with Gasteiger partial charge in [0.1, 0.15) is 0 Å². The van der Waals surface area contributed by atoms with Crippen LogP contribution in [0.1, 0.15) is 62.5 Å². The van der Waals surface area contributed by atoms with Gasteiger partial charge in [-0.3, -0.25) is 4.98 Å². The Bertz CT molecular complexity index is 755. The summed E-state index contributed by atoms with van der Waals surface area (Å²) in [5.74, 6) is 0.897. The predicted octanol–water partition coefficient (Wildman–Crippen LogP) is 5.27. The van der Waals surface area contributed by atoms with Gasteiger partial charge in [-0.15, -0.1) is 0 Å². The number of urea groups is 1. The SMILES string of the molecule is Cc1cccnc1C(NC(=O)N(CC1CC1)C(C)c1ccccc1)C(C)C. The van der Waals surface area contributed by atoms with Gasteiger partial charge in [0.2, 0.25) is 0 Å². The number of amides is 2. The van der Waals surface area contributed by atoms with Crippen molar-refractivity contribution in [2.75, 3.05) is 6.54 Å². The molecule has 0 spiro atoms. The minimum Gasteiger partial charge on any atom is -0.329 e. The van der Waals surface area contributed by atoms with Gasteiger partial charge in [-0.25, -0.2) is 4.79 Å². The molecular weight excluding hydrogens is 334 g/mol. The van der Waals surface area contributed by atoms with Gasteiger partial charge in [0.25, 0.3) is 0 Å². The van der Waals surface area contributed by atoms with Crippen LogP contribution >= 0.6 is 0 Å². The molecule has 0 aliphatic heterocycles. The second-order valence-corrected chi connectivity index (χ2v) is 8.06. The smallest absolute Gasteiger partial charge is 0.318 e. The molecule has 2 aromatic rings. The molecule has 2 amide bonds. The molecule has 27 heavy (non-hydrogen) atoms. The molecule has 1 fully saturated rings. The Morgan fingerprint density at radius 1 is 1.15 bits per heavy atom. The third-order valence-corrected chi connectivity index (χ3v) is 5.45. The van der Waals surface area contributed by atoms with Gasteiger partial charge < -0.3 is 10.2 Å².